The SMILES string of the molecule is C[C@@]12O[C@@](C)([C@@H]3C(=O)N(c4ccc(C#N)c(I)c4)C(=O)[C@@H]31)C(O)(O)[C@H]2F. The molecule has 136 valence electrons. The summed E-state index contributed by atoms with van der Waals surface area (Å²) in [6.45, 7) is 2.53. The Morgan fingerprint density at radius 3 is 2.46 bits per heavy atom. The van der Waals surface area contributed by atoms with Gasteiger partial charge in [-0.15, -0.1) is 0 Å². The van der Waals surface area contributed by atoms with Crippen LogP contribution >= 0.6 is 22.6 Å². The van der Waals surface area contributed by atoms with Crippen molar-refractivity contribution >= 4 is 40.1 Å². The molecule has 0 spiro atoms. The fraction of sp³-hybridized carbons (Fsp3) is 0.471. The van der Waals surface area contributed by atoms with Gasteiger partial charge in [0.15, 0.2) is 6.17 Å². The van der Waals surface area contributed by atoms with E-state index in [1.807, 2.05) is 28.7 Å². The number of alkyl halides is 1. The summed E-state index contributed by atoms with van der Waals surface area (Å²) >= 11 is 1.92. The summed E-state index contributed by atoms with van der Waals surface area (Å²) in [6, 6.07) is 6.46. The molecule has 9 heteroatoms. The van der Waals surface area contributed by atoms with E-state index in [-0.39, 0.29) is 5.69 Å². The number of carbonyl (C=O) groups excluding carboxylic acids is 2. The molecule has 1 aromatic carbocycles. The minimum Gasteiger partial charge on any atom is -0.361 e. The fourth-order valence-electron chi connectivity index (χ4n) is 4.54. The van der Waals surface area contributed by atoms with Crippen molar-refractivity contribution in [3.8, 4) is 6.07 Å². The summed E-state index contributed by atoms with van der Waals surface area (Å²) in [6.07, 6.45) is -2.24. The Labute approximate surface area is 161 Å². The smallest absolute Gasteiger partial charge is 0.240 e. The van der Waals surface area contributed by atoms with Crippen molar-refractivity contribution in [1.82, 2.24) is 0 Å². The lowest BCUT2D eigenvalue weighted by Crippen LogP contribution is -2.64. The summed E-state index contributed by atoms with van der Waals surface area (Å²) in [5.74, 6) is -6.57. The average Bonchev–Trinajstić information content (AvgIpc) is 3.04. The molecule has 7 nitrogen and oxygen atoms in total. The Kier molecular flexibility index (Phi) is 3.43. The third-order valence-corrected chi connectivity index (χ3v) is 6.76. The number of carbonyl (C=O) groups is 2. The maximum atomic E-state index is 14.7. The second-order valence-corrected chi connectivity index (χ2v) is 8.39. The molecule has 3 fully saturated rings. The zero-order valence-electron chi connectivity index (χ0n) is 13.7. The highest BCUT2D eigenvalue weighted by Gasteiger charge is 2.85. The number of aliphatic hydroxyl groups is 2. The van der Waals surface area contributed by atoms with Crippen molar-refractivity contribution in [1.29, 1.82) is 5.26 Å². The summed E-state index contributed by atoms with van der Waals surface area (Å²) in [4.78, 5) is 26.9. The number of rotatable bonds is 1. The number of hydrogen-bond acceptors (Lipinski definition) is 6. The van der Waals surface area contributed by atoms with Crippen LogP contribution in [-0.4, -0.2) is 45.2 Å². The van der Waals surface area contributed by atoms with Crippen LogP contribution in [0, 0.1) is 26.7 Å². The van der Waals surface area contributed by atoms with E-state index < -0.39 is 46.8 Å². The van der Waals surface area contributed by atoms with Crippen LogP contribution in [0.25, 0.3) is 0 Å². The van der Waals surface area contributed by atoms with Gasteiger partial charge in [0.2, 0.25) is 17.6 Å². The number of nitriles is 1. The molecule has 0 aliphatic carbocycles. The second kappa shape index (κ2) is 5.01. The van der Waals surface area contributed by atoms with Crippen molar-refractivity contribution in [3.63, 3.8) is 0 Å². The third-order valence-electron chi connectivity index (χ3n) is 5.87. The summed E-state index contributed by atoms with van der Waals surface area (Å²) < 4.78 is 20.8. The zero-order chi connectivity index (χ0) is 19.2. The molecule has 5 atom stereocenters. The number of halogens is 2. The van der Waals surface area contributed by atoms with Crippen molar-refractivity contribution in [2.24, 2.45) is 11.8 Å². The van der Waals surface area contributed by atoms with Gasteiger partial charge in [0.25, 0.3) is 0 Å². The fourth-order valence-corrected chi connectivity index (χ4v) is 5.16. The summed E-state index contributed by atoms with van der Waals surface area (Å²) in [5.41, 5.74) is -3.11. The number of imide groups is 1. The van der Waals surface area contributed by atoms with Gasteiger partial charge in [-0.3, -0.25) is 9.59 Å². The lowest BCUT2D eigenvalue weighted by Gasteiger charge is -2.40. The Bertz CT molecular complexity index is 915. The first-order chi connectivity index (χ1) is 12.0. The number of ether oxygens (including phenoxy) is 1. The lowest BCUT2D eigenvalue weighted by atomic mass is 9.65. The van der Waals surface area contributed by atoms with E-state index in [9.17, 15) is 24.2 Å². The number of hydrogen-bond donors (Lipinski definition) is 2. The molecule has 2 bridgehead atoms. The van der Waals surface area contributed by atoms with Crippen molar-refractivity contribution < 1.29 is 28.9 Å². The van der Waals surface area contributed by atoms with E-state index in [1.54, 1.807) is 0 Å². The Balaban J connectivity index is 1.83. The minimum atomic E-state index is -2.88. The van der Waals surface area contributed by atoms with Gasteiger partial charge in [0.1, 0.15) is 17.3 Å². The summed E-state index contributed by atoms with van der Waals surface area (Å²) in [5, 5.41) is 29.5. The standard InChI is InChI=1S/C17H14FIN2O5/c1-15-10-11(16(2,26-15)17(24,25)14(15)18)13(23)21(12(10)22)8-4-3-7(6-20)9(19)5-8/h3-5,10-11,14,24-25H,1-2H3/t10-,11+,14+,15-,16+/m1/s1. The third kappa shape index (κ3) is 1.76. The molecule has 2 amide bonds. The van der Waals surface area contributed by atoms with E-state index in [4.69, 9.17) is 10.00 Å². The molecule has 0 aromatic heterocycles. The average molecular weight is 472 g/mol. The van der Waals surface area contributed by atoms with Crippen molar-refractivity contribution in [2.75, 3.05) is 4.90 Å². The van der Waals surface area contributed by atoms with Gasteiger partial charge in [0, 0.05) is 3.57 Å². The van der Waals surface area contributed by atoms with Crippen LogP contribution in [0.3, 0.4) is 0 Å². The van der Waals surface area contributed by atoms with E-state index in [0.717, 1.165) is 4.90 Å². The highest BCUT2D eigenvalue weighted by Crippen LogP contribution is 2.64. The van der Waals surface area contributed by atoms with Crippen LogP contribution in [0.1, 0.15) is 19.4 Å². The number of nitrogens with zero attached hydrogens (tertiary/aromatic N) is 2. The molecule has 26 heavy (non-hydrogen) atoms. The first-order valence-electron chi connectivity index (χ1n) is 7.87. The van der Waals surface area contributed by atoms with Crippen LogP contribution in [0.5, 0.6) is 0 Å². The molecular formula is C17H14FIN2O5. The molecule has 0 radical (unpaired) electrons. The van der Waals surface area contributed by atoms with E-state index in [2.05, 4.69) is 0 Å². The molecule has 3 heterocycles. The molecule has 2 N–H and O–H groups in total. The maximum Gasteiger partial charge on any atom is 0.240 e. The van der Waals surface area contributed by atoms with Gasteiger partial charge in [-0.05, 0) is 54.6 Å². The first-order valence-corrected chi connectivity index (χ1v) is 8.95. The number of anilines is 1. The van der Waals surface area contributed by atoms with Crippen molar-refractivity contribution in [2.45, 2.75) is 37.0 Å². The molecule has 0 unspecified atom stereocenters. The normalized spacial score (nSPS) is 40.0. The molecule has 3 aliphatic heterocycles. The predicted octanol–water partition coefficient (Wildman–Crippen LogP) is 0.849. The monoisotopic (exact) mass is 472 g/mol. The molecule has 3 aliphatic rings. The highest BCUT2D eigenvalue weighted by atomic mass is 127. The van der Waals surface area contributed by atoms with Crippen LogP contribution < -0.4 is 4.90 Å². The minimum absolute atomic E-state index is 0.251. The van der Waals surface area contributed by atoms with E-state index in [1.165, 1.54) is 32.0 Å². The molecule has 0 saturated carbocycles. The van der Waals surface area contributed by atoms with Crippen LogP contribution in [0.2, 0.25) is 0 Å². The highest BCUT2D eigenvalue weighted by molar-refractivity contribution is 14.1. The van der Waals surface area contributed by atoms with Crippen LogP contribution in [-0.2, 0) is 14.3 Å². The van der Waals surface area contributed by atoms with Crippen LogP contribution in [0.4, 0.5) is 10.1 Å². The maximum absolute atomic E-state index is 14.7. The first kappa shape index (κ1) is 17.8. The van der Waals surface area contributed by atoms with E-state index >= 15 is 0 Å². The van der Waals surface area contributed by atoms with Gasteiger partial charge < -0.3 is 14.9 Å². The Morgan fingerprint density at radius 1 is 1.27 bits per heavy atom. The number of amides is 2. The van der Waals surface area contributed by atoms with Gasteiger partial charge in [-0.25, -0.2) is 9.29 Å². The largest absolute Gasteiger partial charge is 0.361 e. The Hall–Kier alpha value is -1.61. The number of fused-ring (bicyclic) bond motifs is 5. The molecular weight excluding hydrogens is 458 g/mol. The second-order valence-electron chi connectivity index (χ2n) is 7.22. The predicted molar refractivity (Wildman–Crippen MR) is 93.3 cm³/mol. The molecule has 1 aromatic rings. The Morgan fingerprint density at radius 2 is 1.88 bits per heavy atom. The van der Waals surface area contributed by atoms with Gasteiger partial charge in [0.05, 0.1) is 23.1 Å². The topological polar surface area (TPSA) is 111 Å². The van der Waals surface area contributed by atoms with Gasteiger partial charge >= 0.3 is 0 Å². The van der Waals surface area contributed by atoms with Crippen molar-refractivity contribution in [3.05, 3.63) is 27.3 Å². The summed E-state index contributed by atoms with van der Waals surface area (Å²) in [7, 11) is 0. The van der Waals surface area contributed by atoms with E-state index in [0.29, 0.717) is 9.13 Å². The quantitative estimate of drug-likeness (QED) is 0.356. The van der Waals surface area contributed by atoms with Crippen LogP contribution in [0.15, 0.2) is 18.2 Å². The number of benzene rings is 1. The molecule has 3 saturated heterocycles. The van der Waals surface area contributed by atoms with Gasteiger partial charge in [-0.2, -0.15) is 5.26 Å². The lowest BCUT2D eigenvalue weighted by molar-refractivity contribution is -0.266. The molecule has 4 rings (SSSR count). The zero-order valence-corrected chi connectivity index (χ0v) is 15.9. The van der Waals surface area contributed by atoms with Gasteiger partial charge in [-0.1, -0.05) is 0 Å².